The lowest BCUT2D eigenvalue weighted by molar-refractivity contribution is 0.125. The van der Waals surface area contributed by atoms with Crippen molar-refractivity contribution < 1.29 is 9.90 Å². The molecule has 3 aromatic rings. The van der Waals surface area contributed by atoms with Crippen molar-refractivity contribution in [3.8, 4) is 11.1 Å². The van der Waals surface area contributed by atoms with Gasteiger partial charge in [-0.3, -0.25) is 5.10 Å². The minimum absolute atomic E-state index is 0.000337. The molecule has 186 valence electrons. The number of aliphatic hydroxyl groups is 1. The first-order chi connectivity index (χ1) is 16.9. The van der Waals surface area contributed by atoms with Gasteiger partial charge in [0.2, 0.25) is 0 Å². The Balaban J connectivity index is 1.53. The molecule has 3 N–H and O–H groups in total. The zero-order valence-electron chi connectivity index (χ0n) is 20.0. The number of carbonyl (C=O) groups is 1. The SMILES string of the molecule is CC(NC(=O)N(Cc1ccc(CO)cc1)C1CCN(C)CC1)c1ccc(-c2cn[nH]c2)c(Cl)c1Cl. The molecule has 35 heavy (non-hydrogen) atoms. The molecule has 0 radical (unpaired) electrons. The van der Waals surface area contributed by atoms with Gasteiger partial charge in [-0.1, -0.05) is 59.6 Å². The molecule has 1 unspecified atom stereocenters. The van der Waals surface area contributed by atoms with Crippen LogP contribution in [-0.2, 0) is 13.2 Å². The normalized spacial score (nSPS) is 15.7. The van der Waals surface area contributed by atoms with Gasteiger partial charge in [-0.25, -0.2) is 4.79 Å². The van der Waals surface area contributed by atoms with Crippen molar-refractivity contribution in [2.45, 2.75) is 45.0 Å². The molecule has 0 bridgehead atoms. The molecule has 0 spiro atoms. The fraction of sp³-hybridized carbons (Fsp3) is 0.385. The molecule has 2 amide bonds. The first kappa shape index (κ1) is 25.5. The maximum absolute atomic E-state index is 13.6. The largest absolute Gasteiger partial charge is 0.392 e. The summed E-state index contributed by atoms with van der Waals surface area (Å²) < 4.78 is 0. The molecule has 1 fully saturated rings. The number of aliphatic hydroxyl groups excluding tert-OH is 1. The number of H-pyrrole nitrogens is 1. The number of hydrogen-bond acceptors (Lipinski definition) is 4. The van der Waals surface area contributed by atoms with Crippen LogP contribution in [0.15, 0.2) is 48.8 Å². The lowest BCUT2D eigenvalue weighted by Crippen LogP contribution is -2.50. The van der Waals surface area contributed by atoms with Crippen LogP contribution < -0.4 is 5.32 Å². The Labute approximate surface area is 216 Å². The number of amides is 2. The summed E-state index contributed by atoms with van der Waals surface area (Å²) in [6.07, 6.45) is 5.28. The molecule has 1 aliphatic heterocycles. The van der Waals surface area contributed by atoms with Crippen LogP contribution in [0.5, 0.6) is 0 Å². The van der Waals surface area contributed by atoms with Crippen molar-refractivity contribution in [2.75, 3.05) is 20.1 Å². The second-order valence-corrected chi connectivity index (χ2v) is 9.88. The highest BCUT2D eigenvalue weighted by molar-refractivity contribution is 6.44. The number of nitrogens with one attached hydrogen (secondary N) is 2. The molecular formula is C26H31Cl2N5O2. The van der Waals surface area contributed by atoms with Crippen molar-refractivity contribution in [1.82, 2.24) is 25.3 Å². The first-order valence-electron chi connectivity index (χ1n) is 11.8. The third kappa shape index (κ3) is 5.98. The summed E-state index contributed by atoms with van der Waals surface area (Å²) >= 11 is 13.2. The van der Waals surface area contributed by atoms with Gasteiger partial charge in [0.1, 0.15) is 0 Å². The summed E-state index contributed by atoms with van der Waals surface area (Å²) in [5.41, 5.74) is 4.26. The molecule has 0 aliphatic carbocycles. The zero-order chi connectivity index (χ0) is 24.9. The smallest absolute Gasteiger partial charge is 0.318 e. The minimum atomic E-state index is -0.337. The van der Waals surface area contributed by atoms with Crippen molar-refractivity contribution in [3.63, 3.8) is 0 Å². The van der Waals surface area contributed by atoms with E-state index in [0.717, 1.165) is 53.7 Å². The predicted octanol–water partition coefficient (Wildman–Crippen LogP) is 5.24. The number of halogens is 2. The number of benzene rings is 2. The number of aromatic amines is 1. The van der Waals surface area contributed by atoms with Gasteiger partial charge in [-0.15, -0.1) is 0 Å². The van der Waals surface area contributed by atoms with Crippen LogP contribution in [0.25, 0.3) is 11.1 Å². The average Bonchev–Trinajstić information content (AvgIpc) is 3.40. The topological polar surface area (TPSA) is 84.5 Å². The Bertz CT molecular complexity index is 1130. The Morgan fingerprint density at radius 1 is 1.17 bits per heavy atom. The van der Waals surface area contributed by atoms with Gasteiger partial charge in [-0.2, -0.15) is 5.10 Å². The second kappa shape index (κ2) is 11.4. The van der Waals surface area contributed by atoms with Gasteiger partial charge in [0, 0.05) is 29.9 Å². The van der Waals surface area contributed by atoms with Crippen molar-refractivity contribution >= 4 is 29.2 Å². The first-order valence-corrected chi connectivity index (χ1v) is 12.5. The Morgan fingerprint density at radius 3 is 2.49 bits per heavy atom. The zero-order valence-corrected chi connectivity index (χ0v) is 21.5. The number of rotatable bonds is 7. The summed E-state index contributed by atoms with van der Waals surface area (Å²) in [7, 11) is 2.11. The minimum Gasteiger partial charge on any atom is -0.392 e. The second-order valence-electron chi connectivity index (χ2n) is 9.13. The van der Waals surface area contributed by atoms with E-state index in [1.807, 2.05) is 48.2 Å². The predicted molar refractivity (Wildman–Crippen MR) is 139 cm³/mol. The number of piperidine rings is 1. The highest BCUT2D eigenvalue weighted by Gasteiger charge is 2.28. The quantitative estimate of drug-likeness (QED) is 0.401. The number of carbonyl (C=O) groups excluding carboxylic acids is 1. The standard InChI is InChI=1S/C26H31Cl2N5O2/c1-17(22-7-8-23(25(28)24(22)27)20-13-29-30-14-20)31-26(35)33(21-9-11-32(2)12-10-21)15-18-3-5-19(16-34)6-4-18/h3-8,13-14,17,21,34H,9-12,15-16H2,1-2H3,(H,29,30)(H,31,35). The lowest BCUT2D eigenvalue weighted by Gasteiger charge is -2.38. The summed E-state index contributed by atoms with van der Waals surface area (Å²) in [5, 5.41) is 20.1. The van der Waals surface area contributed by atoms with E-state index in [1.165, 1.54) is 0 Å². The van der Waals surface area contributed by atoms with E-state index in [1.54, 1.807) is 12.4 Å². The van der Waals surface area contributed by atoms with Gasteiger partial charge in [0.15, 0.2) is 0 Å². The number of aromatic nitrogens is 2. The molecular weight excluding hydrogens is 485 g/mol. The van der Waals surface area contributed by atoms with Crippen LogP contribution in [0.1, 0.15) is 42.5 Å². The van der Waals surface area contributed by atoms with Gasteiger partial charge >= 0.3 is 6.03 Å². The van der Waals surface area contributed by atoms with Gasteiger partial charge < -0.3 is 20.2 Å². The molecule has 1 atom stereocenters. The molecule has 0 saturated carbocycles. The summed E-state index contributed by atoms with van der Waals surface area (Å²) in [6.45, 7) is 4.30. The third-order valence-corrected chi connectivity index (χ3v) is 7.57. The average molecular weight is 516 g/mol. The van der Waals surface area contributed by atoms with Crippen LogP contribution in [0.4, 0.5) is 4.79 Å². The summed E-state index contributed by atoms with van der Waals surface area (Å²) in [5.74, 6) is 0. The molecule has 7 nitrogen and oxygen atoms in total. The van der Waals surface area contributed by atoms with Crippen LogP contribution in [0.3, 0.4) is 0 Å². The van der Waals surface area contributed by atoms with E-state index in [0.29, 0.717) is 16.6 Å². The summed E-state index contributed by atoms with van der Waals surface area (Å²) in [4.78, 5) is 17.8. The van der Waals surface area contributed by atoms with Gasteiger partial charge in [0.05, 0.1) is 28.9 Å². The van der Waals surface area contributed by atoms with Crippen molar-refractivity contribution in [1.29, 1.82) is 0 Å². The number of likely N-dealkylation sites (tertiary alicyclic amines) is 1. The van der Waals surface area contributed by atoms with E-state index in [2.05, 4.69) is 27.5 Å². The van der Waals surface area contributed by atoms with E-state index in [-0.39, 0.29) is 24.7 Å². The van der Waals surface area contributed by atoms with Crippen molar-refractivity contribution in [3.05, 3.63) is 75.5 Å². The fourth-order valence-corrected chi connectivity index (χ4v) is 5.10. The van der Waals surface area contributed by atoms with Gasteiger partial charge in [0.25, 0.3) is 0 Å². The number of urea groups is 1. The van der Waals surface area contributed by atoms with Crippen LogP contribution in [-0.4, -0.2) is 57.3 Å². The highest BCUT2D eigenvalue weighted by Crippen LogP contribution is 2.38. The Morgan fingerprint density at radius 2 is 1.86 bits per heavy atom. The molecule has 1 saturated heterocycles. The fourth-order valence-electron chi connectivity index (χ4n) is 4.49. The molecule has 1 aromatic heterocycles. The van der Waals surface area contributed by atoms with E-state index >= 15 is 0 Å². The molecule has 4 rings (SSSR count). The molecule has 9 heteroatoms. The van der Waals surface area contributed by atoms with E-state index < -0.39 is 0 Å². The molecule has 2 aromatic carbocycles. The summed E-state index contributed by atoms with van der Waals surface area (Å²) in [6, 6.07) is 11.2. The third-order valence-electron chi connectivity index (χ3n) is 6.68. The maximum atomic E-state index is 13.6. The maximum Gasteiger partial charge on any atom is 0.318 e. The highest BCUT2D eigenvalue weighted by atomic mass is 35.5. The number of hydrogen-bond donors (Lipinski definition) is 3. The van der Waals surface area contributed by atoms with Crippen LogP contribution >= 0.6 is 23.2 Å². The molecule has 1 aliphatic rings. The monoisotopic (exact) mass is 515 g/mol. The van der Waals surface area contributed by atoms with Crippen molar-refractivity contribution in [2.24, 2.45) is 0 Å². The van der Waals surface area contributed by atoms with E-state index in [9.17, 15) is 9.90 Å². The Hall–Kier alpha value is -2.58. The number of nitrogens with zero attached hydrogens (tertiary/aromatic N) is 3. The van der Waals surface area contributed by atoms with Crippen LogP contribution in [0.2, 0.25) is 10.0 Å². The lowest BCUT2D eigenvalue weighted by atomic mass is 10.0. The van der Waals surface area contributed by atoms with Crippen LogP contribution in [0, 0.1) is 0 Å². The molecule has 2 heterocycles. The van der Waals surface area contributed by atoms with Gasteiger partial charge in [-0.05, 0) is 56.6 Å². The van der Waals surface area contributed by atoms with E-state index in [4.69, 9.17) is 23.2 Å². The Kier molecular flexibility index (Phi) is 8.34.